The molecule has 1 N–H and O–H groups in total. The van der Waals surface area contributed by atoms with Crippen LogP contribution in [0.3, 0.4) is 0 Å². The number of hydrogen-bond acceptors (Lipinski definition) is 2. The molecule has 3 aromatic carbocycles. The van der Waals surface area contributed by atoms with Gasteiger partial charge >= 0.3 is 0 Å². The first kappa shape index (κ1) is 24.5. The summed E-state index contributed by atoms with van der Waals surface area (Å²) in [5.41, 5.74) is 6.62. The molecule has 0 radical (unpaired) electrons. The van der Waals surface area contributed by atoms with E-state index in [1.54, 1.807) is 12.1 Å². The minimum absolute atomic E-state index is 0.115. The number of halogens is 1. The Labute approximate surface area is 211 Å². The summed E-state index contributed by atoms with van der Waals surface area (Å²) < 4.78 is 1.95. The summed E-state index contributed by atoms with van der Waals surface area (Å²) in [6, 6.07) is 22.8. The van der Waals surface area contributed by atoms with Gasteiger partial charge in [0.15, 0.2) is 5.43 Å². The number of nitrogens with zero attached hydrogens (tertiary/aromatic N) is 1. The molecule has 5 heteroatoms. The zero-order valence-corrected chi connectivity index (χ0v) is 21.2. The van der Waals surface area contributed by atoms with Crippen LogP contribution < -0.4 is 10.7 Å². The Balaban J connectivity index is 1.99. The van der Waals surface area contributed by atoms with E-state index in [1.807, 2.05) is 73.0 Å². The fraction of sp³-hybridized carbons (Fsp3) is 0.200. The van der Waals surface area contributed by atoms with Crippen LogP contribution in [0, 0.1) is 13.8 Å². The predicted molar refractivity (Wildman–Crippen MR) is 145 cm³/mol. The van der Waals surface area contributed by atoms with Crippen molar-refractivity contribution in [2.75, 3.05) is 5.32 Å². The van der Waals surface area contributed by atoms with Gasteiger partial charge < -0.3 is 9.88 Å². The van der Waals surface area contributed by atoms with E-state index in [-0.39, 0.29) is 11.0 Å². The molecule has 0 fully saturated rings. The molecular formula is C30H29ClN2O2. The average molecular weight is 485 g/mol. The van der Waals surface area contributed by atoms with Gasteiger partial charge in [0.1, 0.15) is 5.56 Å². The fourth-order valence-electron chi connectivity index (χ4n) is 4.52. The van der Waals surface area contributed by atoms with Crippen LogP contribution in [0.15, 0.2) is 77.6 Å². The molecule has 0 atom stereocenters. The zero-order chi connectivity index (χ0) is 25.1. The molecular weight excluding hydrogens is 456 g/mol. The Morgan fingerprint density at radius 3 is 2.11 bits per heavy atom. The summed E-state index contributed by atoms with van der Waals surface area (Å²) in [7, 11) is 0. The van der Waals surface area contributed by atoms with Gasteiger partial charge in [-0.2, -0.15) is 0 Å². The summed E-state index contributed by atoms with van der Waals surface area (Å²) in [6.07, 6.45) is 1.55. The van der Waals surface area contributed by atoms with E-state index in [0.717, 1.165) is 52.2 Å². The van der Waals surface area contributed by atoms with E-state index in [0.29, 0.717) is 10.7 Å². The molecule has 4 rings (SSSR count). The monoisotopic (exact) mass is 484 g/mol. The van der Waals surface area contributed by atoms with Gasteiger partial charge in [0.2, 0.25) is 0 Å². The van der Waals surface area contributed by atoms with Gasteiger partial charge in [0.25, 0.3) is 5.91 Å². The molecule has 0 bridgehead atoms. The normalized spacial score (nSPS) is 10.9. The molecule has 0 saturated heterocycles. The Bertz CT molecular complexity index is 1430. The number of carbonyl (C=O) groups is 1. The third-order valence-corrected chi connectivity index (χ3v) is 6.49. The molecule has 4 aromatic rings. The summed E-state index contributed by atoms with van der Waals surface area (Å²) in [4.78, 5) is 27.3. The molecule has 0 unspecified atom stereocenters. The highest BCUT2D eigenvalue weighted by Crippen LogP contribution is 2.30. The molecule has 0 aliphatic rings. The third kappa shape index (κ3) is 4.94. The summed E-state index contributed by atoms with van der Waals surface area (Å²) >= 11 is 6.15. The van der Waals surface area contributed by atoms with Crippen molar-refractivity contribution < 1.29 is 4.79 Å². The number of nitrogens with one attached hydrogen (secondary N) is 1. The van der Waals surface area contributed by atoms with Gasteiger partial charge in [0.05, 0.1) is 5.69 Å². The number of aromatic nitrogens is 1. The smallest absolute Gasteiger partial charge is 0.261 e. The minimum atomic E-state index is -0.412. The van der Waals surface area contributed by atoms with Gasteiger partial charge in [-0.1, -0.05) is 67.4 Å². The molecule has 0 aliphatic carbocycles. The van der Waals surface area contributed by atoms with E-state index >= 15 is 0 Å². The molecule has 4 nitrogen and oxygen atoms in total. The number of hydrogen-bond donors (Lipinski definition) is 1. The van der Waals surface area contributed by atoms with Crippen molar-refractivity contribution in [2.45, 2.75) is 40.5 Å². The third-order valence-electron chi connectivity index (χ3n) is 6.24. The molecule has 1 aromatic heterocycles. The fourth-order valence-corrected chi connectivity index (χ4v) is 4.64. The van der Waals surface area contributed by atoms with Crippen molar-refractivity contribution in [3.05, 3.63) is 116 Å². The second-order valence-corrected chi connectivity index (χ2v) is 9.10. The number of anilines is 1. The van der Waals surface area contributed by atoms with Crippen molar-refractivity contribution in [3.63, 3.8) is 0 Å². The zero-order valence-electron chi connectivity index (χ0n) is 20.5. The maximum Gasteiger partial charge on any atom is 0.261 e. The molecule has 1 amide bonds. The van der Waals surface area contributed by atoms with Gasteiger partial charge in [-0.3, -0.25) is 9.59 Å². The van der Waals surface area contributed by atoms with Crippen molar-refractivity contribution in [1.82, 2.24) is 4.57 Å². The quantitative estimate of drug-likeness (QED) is 0.316. The van der Waals surface area contributed by atoms with E-state index in [4.69, 9.17) is 11.6 Å². The Hall–Kier alpha value is -3.63. The Morgan fingerprint density at radius 1 is 0.886 bits per heavy atom. The lowest BCUT2D eigenvalue weighted by molar-refractivity contribution is 0.102. The van der Waals surface area contributed by atoms with Crippen LogP contribution >= 0.6 is 11.6 Å². The highest BCUT2D eigenvalue weighted by molar-refractivity contribution is 6.30. The molecule has 178 valence electrons. The van der Waals surface area contributed by atoms with E-state index in [1.165, 1.54) is 6.07 Å². The van der Waals surface area contributed by atoms with Crippen LogP contribution in [-0.2, 0) is 12.8 Å². The van der Waals surface area contributed by atoms with Crippen molar-refractivity contribution >= 4 is 23.2 Å². The van der Waals surface area contributed by atoms with Crippen molar-refractivity contribution in [2.24, 2.45) is 0 Å². The first-order valence-electron chi connectivity index (χ1n) is 11.9. The van der Waals surface area contributed by atoms with Gasteiger partial charge in [-0.25, -0.2) is 0 Å². The lowest BCUT2D eigenvalue weighted by Crippen LogP contribution is -2.27. The van der Waals surface area contributed by atoms with Crippen molar-refractivity contribution in [1.29, 1.82) is 0 Å². The van der Waals surface area contributed by atoms with Crippen molar-refractivity contribution in [3.8, 4) is 16.9 Å². The standard InChI is InChI=1S/C30H29ClN2O2/c1-5-21-10-8-11-22(6-2)28(21)32-30(35)27-26(34)18-20(4)33(25-15-13-24(31)14-16-25)29(27)23-12-7-9-19(3)17-23/h7-18H,5-6H2,1-4H3,(H,32,35). The Morgan fingerprint density at radius 2 is 1.51 bits per heavy atom. The number of pyridine rings is 1. The first-order valence-corrected chi connectivity index (χ1v) is 12.2. The van der Waals surface area contributed by atoms with E-state index < -0.39 is 5.91 Å². The molecule has 0 aliphatic heterocycles. The van der Waals surface area contributed by atoms with Gasteiger partial charge in [-0.05, 0) is 73.7 Å². The highest BCUT2D eigenvalue weighted by Gasteiger charge is 2.24. The number of aryl methyl sites for hydroxylation is 4. The topological polar surface area (TPSA) is 51.1 Å². The Kier molecular flexibility index (Phi) is 7.23. The average Bonchev–Trinajstić information content (AvgIpc) is 2.84. The summed E-state index contributed by atoms with van der Waals surface area (Å²) in [5.74, 6) is -0.412. The van der Waals surface area contributed by atoms with Crippen LogP contribution in [0.4, 0.5) is 5.69 Å². The number of amides is 1. The SMILES string of the molecule is CCc1cccc(CC)c1NC(=O)c1c(-c2cccc(C)c2)n(-c2ccc(Cl)cc2)c(C)cc1=O. The second-order valence-electron chi connectivity index (χ2n) is 8.67. The number of para-hydroxylation sites is 1. The van der Waals surface area contributed by atoms with Crippen LogP contribution in [0.5, 0.6) is 0 Å². The minimum Gasteiger partial charge on any atom is -0.321 e. The van der Waals surface area contributed by atoms with Crippen LogP contribution in [0.2, 0.25) is 5.02 Å². The molecule has 0 saturated carbocycles. The summed E-state index contributed by atoms with van der Waals surface area (Å²) in [6.45, 7) is 7.98. The molecule has 1 heterocycles. The van der Waals surface area contributed by atoms with Gasteiger partial charge in [-0.15, -0.1) is 0 Å². The summed E-state index contributed by atoms with van der Waals surface area (Å²) in [5, 5.41) is 3.71. The lowest BCUT2D eigenvalue weighted by Gasteiger charge is -2.22. The maximum absolute atomic E-state index is 13.9. The van der Waals surface area contributed by atoms with E-state index in [2.05, 4.69) is 19.2 Å². The maximum atomic E-state index is 13.9. The van der Waals surface area contributed by atoms with E-state index in [9.17, 15) is 9.59 Å². The highest BCUT2D eigenvalue weighted by atomic mass is 35.5. The molecule has 0 spiro atoms. The second kappa shape index (κ2) is 10.3. The molecule has 35 heavy (non-hydrogen) atoms. The number of benzene rings is 3. The van der Waals surface area contributed by atoms with Gasteiger partial charge in [0, 0.05) is 28.2 Å². The predicted octanol–water partition coefficient (Wildman–Crippen LogP) is 7.15. The first-order chi connectivity index (χ1) is 16.8. The lowest BCUT2D eigenvalue weighted by atomic mass is 9.99. The number of carbonyl (C=O) groups excluding carboxylic acids is 1. The number of rotatable bonds is 6. The van der Waals surface area contributed by atoms with Crippen LogP contribution in [-0.4, -0.2) is 10.5 Å². The van der Waals surface area contributed by atoms with Crippen LogP contribution in [0.1, 0.15) is 46.6 Å². The van der Waals surface area contributed by atoms with Crippen LogP contribution in [0.25, 0.3) is 16.9 Å². The largest absolute Gasteiger partial charge is 0.321 e.